The van der Waals surface area contributed by atoms with E-state index in [9.17, 15) is 0 Å². The normalized spacial score (nSPS) is 13.3. The Labute approximate surface area is 134 Å². The number of thioether (sulfide) groups is 1. The molecule has 3 nitrogen and oxygen atoms in total. The molecular formula is C17H32N2OS. The van der Waals surface area contributed by atoms with Crippen LogP contribution < -0.4 is 5.32 Å². The minimum Gasteiger partial charge on any atom is -0.465 e. The number of hydrogen-bond donors (Lipinski definition) is 1. The van der Waals surface area contributed by atoms with Gasteiger partial charge >= 0.3 is 0 Å². The lowest BCUT2D eigenvalue weighted by Gasteiger charge is -2.26. The van der Waals surface area contributed by atoms with Crippen molar-refractivity contribution in [2.24, 2.45) is 5.92 Å². The van der Waals surface area contributed by atoms with Gasteiger partial charge < -0.3 is 9.73 Å². The first kappa shape index (κ1) is 18.6. The van der Waals surface area contributed by atoms with Crippen LogP contribution in [-0.2, 0) is 13.1 Å². The summed E-state index contributed by atoms with van der Waals surface area (Å²) in [6.07, 6.45) is 3.37. The quantitative estimate of drug-likeness (QED) is 0.709. The van der Waals surface area contributed by atoms with Gasteiger partial charge in [-0.15, -0.1) is 0 Å². The highest BCUT2D eigenvalue weighted by Crippen LogP contribution is 2.19. The molecule has 122 valence electrons. The largest absolute Gasteiger partial charge is 0.465 e. The summed E-state index contributed by atoms with van der Waals surface area (Å²) < 4.78 is 5.88. The molecule has 1 aromatic rings. The van der Waals surface area contributed by atoms with Crippen LogP contribution in [0, 0.1) is 12.8 Å². The highest BCUT2D eigenvalue weighted by molar-refractivity contribution is 7.98. The molecule has 0 saturated carbocycles. The van der Waals surface area contributed by atoms with Crippen molar-refractivity contribution in [1.29, 1.82) is 0 Å². The molecular weight excluding hydrogens is 280 g/mol. The SMILES string of the molecule is CCC(CSC)N(C)Cc1cc(CNCC(C)C)oc1C. The third kappa shape index (κ3) is 6.45. The topological polar surface area (TPSA) is 28.4 Å². The van der Waals surface area contributed by atoms with Crippen molar-refractivity contribution in [3.63, 3.8) is 0 Å². The summed E-state index contributed by atoms with van der Waals surface area (Å²) in [5.74, 6) is 3.97. The van der Waals surface area contributed by atoms with Crippen LogP contribution in [0.2, 0.25) is 0 Å². The van der Waals surface area contributed by atoms with Gasteiger partial charge in [0.1, 0.15) is 11.5 Å². The maximum atomic E-state index is 5.88. The van der Waals surface area contributed by atoms with Gasteiger partial charge in [0.15, 0.2) is 0 Å². The van der Waals surface area contributed by atoms with E-state index in [2.05, 4.69) is 57.3 Å². The molecule has 1 unspecified atom stereocenters. The van der Waals surface area contributed by atoms with E-state index in [1.807, 2.05) is 11.8 Å². The van der Waals surface area contributed by atoms with Crippen molar-refractivity contribution in [3.8, 4) is 0 Å². The summed E-state index contributed by atoms with van der Waals surface area (Å²) >= 11 is 1.92. The fourth-order valence-electron chi connectivity index (χ4n) is 2.46. The maximum absolute atomic E-state index is 5.88. The number of furan rings is 1. The smallest absolute Gasteiger partial charge is 0.118 e. The Bertz CT molecular complexity index is 403. The van der Waals surface area contributed by atoms with Crippen molar-refractivity contribution < 1.29 is 4.42 Å². The van der Waals surface area contributed by atoms with Gasteiger partial charge in [-0.3, -0.25) is 4.90 Å². The predicted octanol–water partition coefficient (Wildman–Crippen LogP) is 3.91. The number of nitrogens with zero attached hydrogens (tertiary/aromatic N) is 1. The van der Waals surface area contributed by atoms with Crippen LogP contribution >= 0.6 is 11.8 Å². The summed E-state index contributed by atoms with van der Waals surface area (Å²) in [4.78, 5) is 2.44. The first-order valence-electron chi connectivity index (χ1n) is 7.95. The van der Waals surface area contributed by atoms with Crippen LogP contribution in [0.3, 0.4) is 0 Å². The van der Waals surface area contributed by atoms with Crippen LogP contribution in [0.4, 0.5) is 0 Å². The number of nitrogens with one attached hydrogen (secondary N) is 1. The zero-order valence-corrected chi connectivity index (χ0v) is 15.3. The molecule has 0 aliphatic heterocycles. The molecule has 0 saturated heterocycles. The van der Waals surface area contributed by atoms with Gasteiger partial charge in [-0.1, -0.05) is 20.8 Å². The minimum atomic E-state index is 0.636. The molecule has 0 fully saturated rings. The van der Waals surface area contributed by atoms with E-state index in [-0.39, 0.29) is 0 Å². The molecule has 0 aromatic carbocycles. The van der Waals surface area contributed by atoms with Gasteiger partial charge in [0.25, 0.3) is 0 Å². The molecule has 1 aromatic heterocycles. The summed E-state index contributed by atoms with van der Waals surface area (Å²) in [6.45, 7) is 11.6. The summed E-state index contributed by atoms with van der Waals surface area (Å²) in [5, 5.41) is 3.44. The third-order valence-corrected chi connectivity index (χ3v) is 4.51. The van der Waals surface area contributed by atoms with E-state index in [1.54, 1.807) is 0 Å². The van der Waals surface area contributed by atoms with E-state index >= 15 is 0 Å². The van der Waals surface area contributed by atoms with Gasteiger partial charge in [-0.05, 0) is 45.2 Å². The van der Waals surface area contributed by atoms with Crippen LogP contribution in [0.5, 0.6) is 0 Å². The van der Waals surface area contributed by atoms with Crippen molar-refractivity contribution in [2.75, 3.05) is 25.6 Å². The lowest BCUT2D eigenvalue weighted by molar-refractivity contribution is 0.246. The number of aryl methyl sites for hydroxylation is 1. The van der Waals surface area contributed by atoms with Crippen molar-refractivity contribution >= 4 is 11.8 Å². The average Bonchev–Trinajstić information content (AvgIpc) is 2.75. The van der Waals surface area contributed by atoms with E-state index in [1.165, 1.54) is 17.7 Å². The molecule has 0 aliphatic carbocycles. The van der Waals surface area contributed by atoms with E-state index in [0.717, 1.165) is 31.2 Å². The van der Waals surface area contributed by atoms with Gasteiger partial charge in [-0.2, -0.15) is 11.8 Å². The fourth-order valence-corrected chi connectivity index (χ4v) is 3.34. The van der Waals surface area contributed by atoms with Gasteiger partial charge in [-0.25, -0.2) is 0 Å². The first-order valence-corrected chi connectivity index (χ1v) is 9.35. The predicted molar refractivity (Wildman–Crippen MR) is 93.9 cm³/mol. The Morgan fingerprint density at radius 1 is 1.38 bits per heavy atom. The molecule has 1 atom stereocenters. The second-order valence-corrected chi connectivity index (χ2v) is 7.16. The second-order valence-electron chi connectivity index (χ2n) is 6.25. The lowest BCUT2D eigenvalue weighted by Crippen LogP contribution is -2.32. The van der Waals surface area contributed by atoms with Crippen molar-refractivity contribution in [3.05, 3.63) is 23.2 Å². The van der Waals surface area contributed by atoms with E-state index in [4.69, 9.17) is 4.42 Å². The van der Waals surface area contributed by atoms with Gasteiger partial charge in [0, 0.05) is 23.9 Å². The monoisotopic (exact) mass is 312 g/mol. The Morgan fingerprint density at radius 2 is 2.10 bits per heavy atom. The fraction of sp³-hybridized carbons (Fsp3) is 0.765. The number of hydrogen-bond acceptors (Lipinski definition) is 4. The zero-order valence-electron chi connectivity index (χ0n) is 14.5. The van der Waals surface area contributed by atoms with Crippen molar-refractivity contribution in [1.82, 2.24) is 10.2 Å². The molecule has 0 radical (unpaired) electrons. The van der Waals surface area contributed by atoms with E-state index < -0.39 is 0 Å². The van der Waals surface area contributed by atoms with Crippen LogP contribution in [0.15, 0.2) is 10.5 Å². The Hall–Kier alpha value is -0.450. The van der Waals surface area contributed by atoms with Gasteiger partial charge in [0.2, 0.25) is 0 Å². The molecule has 0 amide bonds. The molecule has 0 spiro atoms. The first-order chi connectivity index (χ1) is 9.97. The third-order valence-electron chi connectivity index (χ3n) is 3.80. The number of rotatable bonds is 10. The summed E-state index contributed by atoms with van der Waals surface area (Å²) in [7, 11) is 2.22. The highest BCUT2D eigenvalue weighted by Gasteiger charge is 2.15. The zero-order chi connectivity index (χ0) is 15.8. The molecule has 0 bridgehead atoms. The van der Waals surface area contributed by atoms with Gasteiger partial charge in [0.05, 0.1) is 6.54 Å². The maximum Gasteiger partial charge on any atom is 0.118 e. The Kier molecular flexibility index (Phi) is 8.45. The second kappa shape index (κ2) is 9.54. The van der Waals surface area contributed by atoms with Crippen molar-refractivity contribution in [2.45, 2.75) is 53.2 Å². The molecule has 4 heteroatoms. The summed E-state index contributed by atoms with van der Waals surface area (Å²) in [6, 6.07) is 2.85. The lowest BCUT2D eigenvalue weighted by atomic mass is 10.2. The van der Waals surface area contributed by atoms with Crippen LogP contribution in [0.25, 0.3) is 0 Å². The Morgan fingerprint density at radius 3 is 2.67 bits per heavy atom. The molecule has 1 heterocycles. The molecule has 1 N–H and O–H groups in total. The molecule has 0 aliphatic rings. The van der Waals surface area contributed by atoms with E-state index in [0.29, 0.717) is 12.0 Å². The minimum absolute atomic E-state index is 0.636. The molecule has 21 heavy (non-hydrogen) atoms. The highest BCUT2D eigenvalue weighted by atomic mass is 32.2. The molecule has 1 rings (SSSR count). The Balaban J connectivity index is 2.56. The van der Waals surface area contributed by atoms with Crippen LogP contribution in [0.1, 0.15) is 44.3 Å². The summed E-state index contributed by atoms with van der Waals surface area (Å²) in [5.41, 5.74) is 1.32. The average molecular weight is 313 g/mol. The van der Waals surface area contributed by atoms with Crippen LogP contribution in [-0.4, -0.2) is 36.5 Å². The standard InChI is InChI=1S/C17H32N2OS/c1-7-16(12-21-6)19(5)11-15-8-17(20-14(15)4)10-18-9-13(2)3/h8,13,16,18H,7,9-12H2,1-6H3.